The van der Waals surface area contributed by atoms with Crippen LogP contribution >= 0.6 is 11.6 Å². The maximum Gasteiger partial charge on any atom is 0.254 e. The minimum Gasteiger partial charge on any atom is -0.508 e. The number of halogens is 2. The SMILES string of the molecule is CC(C)(C)NC(=O)c1cc(CC(=O)Cc2cc(Cl)ccc2O)ccc1F. The van der Waals surface area contributed by atoms with Gasteiger partial charge in [0.25, 0.3) is 5.91 Å². The van der Waals surface area contributed by atoms with Crippen LogP contribution in [0.5, 0.6) is 5.75 Å². The molecular weight excluding hydrogens is 357 g/mol. The molecule has 0 unspecified atom stereocenters. The van der Waals surface area contributed by atoms with Crippen molar-refractivity contribution in [2.75, 3.05) is 0 Å². The van der Waals surface area contributed by atoms with Crippen molar-refractivity contribution in [3.8, 4) is 5.75 Å². The fraction of sp³-hybridized carbons (Fsp3) is 0.300. The Balaban J connectivity index is 2.14. The van der Waals surface area contributed by atoms with Crippen molar-refractivity contribution in [3.63, 3.8) is 0 Å². The number of hydrogen-bond acceptors (Lipinski definition) is 3. The quantitative estimate of drug-likeness (QED) is 0.825. The van der Waals surface area contributed by atoms with Crippen molar-refractivity contribution in [1.82, 2.24) is 5.32 Å². The molecule has 0 aliphatic heterocycles. The number of carbonyl (C=O) groups excluding carboxylic acids is 2. The summed E-state index contributed by atoms with van der Waals surface area (Å²) in [4.78, 5) is 24.5. The molecule has 0 heterocycles. The number of phenols is 1. The first-order valence-electron chi connectivity index (χ1n) is 8.15. The van der Waals surface area contributed by atoms with E-state index in [1.54, 1.807) is 20.8 Å². The zero-order chi connectivity index (χ0) is 19.5. The summed E-state index contributed by atoms with van der Waals surface area (Å²) in [5.74, 6) is -1.37. The molecule has 0 aromatic heterocycles. The highest BCUT2D eigenvalue weighted by Crippen LogP contribution is 2.22. The molecule has 0 fully saturated rings. The summed E-state index contributed by atoms with van der Waals surface area (Å²) in [5, 5.41) is 12.9. The van der Waals surface area contributed by atoms with Crippen molar-refractivity contribution < 1.29 is 19.1 Å². The molecule has 6 heteroatoms. The summed E-state index contributed by atoms with van der Waals surface area (Å²) < 4.78 is 14.0. The van der Waals surface area contributed by atoms with Crippen molar-refractivity contribution in [3.05, 3.63) is 63.9 Å². The Morgan fingerprint density at radius 1 is 1.12 bits per heavy atom. The van der Waals surface area contributed by atoms with E-state index in [1.807, 2.05) is 0 Å². The van der Waals surface area contributed by atoms with E-state index in [0.717, 1.165) is 0 Å². The Bertz CT molecular complexity index is 843. The molecule has 0 bridgehead atoms. The fourth-order valence-electron chi connectivity index (χ4n) is 2.46. The van der Waals surface area contributed by atoms with Crippen LogP contribution in [0.2, 0.25) is 5.02 Å². The molecule has 0 saturated heterocycles. The molecule has 0 aliphatic carbocycles. The summed E-state index contributed by atoms with van der Waals surface area (Å²) in [5.41, 5.74) is 0.350. The molecule has 2 rings (SSSR count). The Labute approximate surface area is 157 Å². The van der Waals surface area contributed by atoms with Crippen molar-refractivity contribution in [1.29, 1.82) is 0 Å². The van der Waals surface area contributed by atoms with Crippen LogP contribution in [0, 0.1) is 5.82 Å². The van der Waals surface area contributed by atoms with Crippen LogP contribution in [0.1, 0.15) is 42.3 Å². The number of rotatable bonds is 5. The normalized spacial score (nSPS) is 11.3. The second-order valence-electron chi connectivity index (χ2n) is 7.18. The van der Waals surface area contributed by atoms with Crippen molar-refractivity contribution in [2.45, 2.75) is 39.2 Å². The zero-order valence-corrected chi connectivity index (χ0v) is 15.7. The van der Waals surface area contributed by atoms with Gasteiger partial charge in [-0.2, -0.15) is 0 Å². The molecule has 0 radical (unpaired) electrons. The van der Waals surface area contributed by atoms with Gasteiger partial charge in [0.2, 0.25) is 0 Å². The third-order valence-corrected chi connectivity index (χ3v) is 3.83. The van der Waals surface area contributed by atoms with Gasteiger partial charge in [-0.1, -0.05) is 17.7 Å². The van der Waals surface area contributed by atoms with Crippen LogP contribution in [-0.4, -0.2) is 22.3 Å². The smallest absolute Gasteiger partial charge is 0.254 e. The maximum absolute atomic E-state index is 14.0. The second-order valence-corrected chi connectivity index (χ2v) is 7.62. The molecule has 2 aromatic rings. The van der Waals surface area contributed by atoms with Crippen LogP contribution in [-0.2, 0) is 17.6 Å². The summed E-state index contributed by atoms with van der Waals surface area (Å²) >= 11 is 5.88. The van der Waals surface area contributed by atoms with E-state index >= 15 is 0 Å². The average molecular weight is 378 g/mol. The first-order valence-corrected chi connectivity index (χ1v) is 8.53. The Hall–Kier alpha value is -2.40. The Kier molecular flexibility index (Phi) is 6.03. The summed E-state index contributed by atoms with van der Waals surface area (Å²) in [6.07, 6.45) is 0.00925. The number of phenolic OH excluding ortho intramolecular Hbond substituents is 1. The molecule has 0 spiro atoms. The molecule has 2 N–H and O–H groups in total. The van der Waals surface area contributed by atoms with Gasteiger partial charge in [0.1, 0.15) is 17.3 Å². The molecule has 1 amide bonds. The van der Waals surface area contributed by atoms with Gasteiger partial charge >= 0.3 is 0 Å². The van der Waals surface area contributed by atoms with Crippen molar-refractivity contribution >= 4 is 23.3 Å². The van der Waals surface area contributed by atoms with E-state index in [4.69, 9.17) is 11.6 Å². The summed E-state index contributed by atoms with van der Waals surface area (Å²) in [6, 6.07) is 8.52. The first kappa shape index (κ1) is 19.9. The summed E-state index contributed by atoms with van der Waals surface area (Å²) in [6.45, 7) is 5.40. The van der Waals surface area contributed by atoms with Crippen LogP contribution in [0.15, 0.2) is 36.4 Å². The third kappa shape index (κ3) is 5.56. The van der Waals surface area contributed by atoms with E-state index < -0.39 is 17.3 Å². The highest BCUT2D eigenvalue weighted by atomic mass is 35.5. The van der Waals surface area contributed by atoms with Gasteiger partial charge in [-0.05, 0) is 56.7 Å². The van der Waals surface area contributed by atoms with Gasteiger partial charge in [0.15, 0.2) is 0 Å². The van der Waals surface area contributed by atoms with Gasteiger partial charge in [0.05, 0.1) is 5.56 Å². The maximum atomic E-state index is 14.0. The number of aromatic hydroxyl groups is 1. The highest BCUT2D eigenvalue weighted by molar-refractivity contribution is 6.30. The predicted molar refractivity (Wildman–Crippen MR) is 99.2 cm³/mol. The number of nitrogens with one attached hydrogen (secondary N) is 1. The topological polar surface area (TPSA) is 66.4 Å². The van der Waals surface area contributed by atoms with Crippen molar-refractivity contribution in [2.24, 2.45) is 0 Å². The summed E-state index contributed by atoms with van der Waals surface area (Å²) in [7, 11) is 0. The zero-order valence-electron chi connectivity index (χ0n) is 14.9. The van der Waals surface area contributed by atoms with Crippen LogP contribution in [0.25, 0.3) is 0 Å². The third-order valence-electron chi connectivity index (χ3n) is 3.59. The monoisotopic (exact) mass is 377 g/mol. The number of benzene rings is 2. The molecule has 0 saturated carbocycles. The lowest BCUT2D eigenvalue weighted by Gasteiger charge is -2.20. The average Bonchev–Trinajstić information content (AvgIpc) is 2.51. The lowest BCUT2D eigenvalue weighted by molar-refractivity contribution is -0.117. The van der Waals surface area contributed by atoms with Crippen LogP contribution in [0.3, 0.4) is 0 Å². The first-order chi connectivity index (χ1) is 12.0. The molecule has 2 aromatic carbocycles. The number of Topliss-reactive ketones (excluding diaryl/α,β-unsaturated/α-hetero) is 1. The van der Waals surface area contributed by atoms with E-state index in [-0.39, 0.29) is 29.9 Å². The van der Waals surface area contributed by atoms with E-state index in [2.05, 4.69) is 5.32 Å². The number of carbonyl (C=O) groups is 2. The second kappa shape index (κ2) is 7.87. The molecule has 0 aliphatic rings. The minimum absolute atomic E-state index is 0.00666. The largest absolute Gasteiger partial charge is 0.508 e. The van der Waals surface area contributed by atoms with E-state index in [9.17, 15) is 19.1 Å². The number of ketones is 1. The minimum atomic E-state index is -0.643. The highest BCUT2D eigenvalue weighted by Gasteiger charge is 2.19. The van der Waals surface area contributed by atoms with Gasteiger partial charge in [-0.3, -0.25) is 9.59 Å². The van der Waals surface area contributed by atoms with Gasteiger partial charge in [-0.25, -0.2) is 4.39 Å². The van der Waals surface area contributed by atoms with Crippen LogP contribution in [0.4, 0.5) is 4.39 Å². The standard InChI is InChI=1S/C20H21ClFNO3/c1-20(2,3)23-19(26)16-9-12(4-6-17(16)22)8-15(24)11-13-10-14(21)5-7-18(13)25/h4-7,9-10,25H,8,11H2,1-3H3,(H,23,26). The lowest BCUT2D eigenvalue weighted by atomic mass is 10.00. The Morgan fingerprint density at radius 3 is 2.46 bits per heavy atom. The van der Waals surface area contributed by atoms with Gasteiger partial charge < -0.3 is 10.4 Å². The molecule has 138 valence electrons. The van der Waals surface area contributed by atoms with Gasteiger partial charge in [-0.15, -0.1) is 0 Å². The Morgan fingerprint density at radius 2 is 1.81 bits per heavy atom. The molecule has 4 nitrogen and oxygen atoms in total. The molecule has 0 atom stereocenters. The van der Waals surface area contributed by atoms with Gasteiger partial charge in [0, 0.05) is 29.0 Å². The lowest BCUT2D eigenvalue weighted by Crippen LogP contribution is -2.41. The van der Waals surface area contributed by atoms with Crippen LogP contribution < -0.4 is 5.32 Å². The van der Waals surface area contributed by atoms with E-state index in [1.165, 1.54) is 36.4 Å². The van der Waals surface area contributed by atoms with E-state index in [0.29, 0.717) is 16.1 Å². The number of hydrogen-bond donors (Lipinski definition) is 2. The number of amides is 1. The predicted octanol–water partition coefficient (Wildman–Crippen LogP) is 4.07. The fourth-order valence-corrected chi connectivity index (χ4v) is 2.66. The molecule has 26 heavy (non-hydrogen) atoms. The molecular formula is C20H21ClFNO3.